The highest BCUT2D eigenvalue weighted by Gasteiger charge is 2.21. The van der Waals surface area contributed by atoms with Crippen molar-refractivity contribution in [1.29, 1.82) is 0 Å². The Hall–Kier alpha value is -1.24. The SMILES string of the molecule is CNCC(O)C(O)c1cc(F)c(F)cc1N. The lowest BCUT2D eigenvalue weighted by Crippen LogP contribution is -2.30. The summed E-state index contributed by atoms with van der Waals surface area (Å²) in [6.07, 6.45) is -2.50. The standard InChI is InChI=1S/C10H14F2N2O2/c1-14-4-9(15)10(16)5-2-6(11)7(12)3-8(5)13/h2-3,9-10,14-16H,4,13H2,1H3. The van der Waals surface area contributed by atoms with Gasteiger partial charge in [-0.15, -0.1) is 0 Å². The molecule has 6 heteroatoms. The zero-order valence-corrected chi connectivity index (χ0v) is 8.74. The molecule has 0 fully saturated rings. The summed E-state index contributed by atoms with van der Waals surface area (Å²) in [5, 5.41) is 21.8. The van der Waals surface area contributed by atoms with Crippen LogP contribution in [0.1, 0.15) is 11.7 Å². The van der Waals surface area contributed by atoms with Gasteiger partial charge in [-0.05, 0) is 13.1 Å². The van der Waals surface area contributed by atoms with E-state index in [0.717, 1.165) is 12.1 Å². The van der Waals surface area contributed by atoms with E-state index >= 15 is 0 Å². The summed E-state index contributed by atoms with van der Waals surface area (Å²) in [5.41, 5.74) is 5.30. The van der Waals surface area contributed by atoms with Crippen molar-refractivity contribution in [3.8, 4) is 0 Å². The van der Waals surface area contributed by atoms with E-state index in [1.807, 2.05) is 0 Å². The number of hydrogen-bond donors (Lipinski definition) is 4. The van der Waals surface area contributed by atoms with Crippen LogP contribution in [0.15, 0.2) is 12.1 Å². The number of aliphatic hydroxyl groups excluding tert-OH is 2. The Labute approximate surface area is 91.7 Å². The van der Waals surface area contributed by atoms with Crippen LogP contribution < -0.4 is 11.1 Å². The molecule has 0 aliphatic rings. The molecule has 2 unspecified atom stereocenters. The van der Waals surface area contributed by atoms with Crippen LogP contribution in [-0.4, -0.2) is 29.9 Å². The summed E-state index contributed by atoms with van der Waals surface area (Å²) in [6.45, 7) is 0.111. The third-order valence-corrected chi connectivity index (χ3v) is 2.22. The lowest BCUT2D eigenvalue weighted by atomic mass is 10.0. The minimum atomic E-state index is -1.36. The Morgan fingerprint density at radius 1 is 1.31 bits per heavy atom. The Morgan fingerprint density at radius 3 is 2.44 bits per heavy atom. The van der Waals surface area contributed by atoms with Crippen LogP contribution in [0.2, 0.25) is 0 Å². The number of nitrogens with two attached hydrogens (primary N) is 1. The van der Waals surface area contributed by atoms with Gasteiger partial charge in [-0.3, -0.25) is 0 Å². The fourth-order valence-corrected chi connectivity index (χ4v) is 1.36. The van der Waals surface area contributed by atoms with Crippen molar-refractivity contribution in [3.05, 3.63) is 29.3 Å². The van der Waals surface area contributed by atoms with Crippen molar-refractivity contribution in [2.24, 2.45) is 0 Å². The highest BCUT2D eigenvalue weighted by Crippen LogP contribution is 2.25. The number of nitrogen functional groups attached to an aromatic ring is 1. The number of nitrogens with one attached hydrogen (secondary N) is 1. The van der Waals surface area contributed by atoms with E-state index in [-0.39, 0.29) is 17.8 Å². The topological polar surface area (TPSA) is 78.5 Å². The molecule has 0 aliphatic heterocycles. The second-order valence-electron chi connectivity index (χ2n) is 3.47. The highest BCUT2D eigenvalue weighted by molar-refractivity contribution is 5.48. The fourth-order valence-electron chi connectivity index (χ4n) is 1.36. The molecule has 0 saturated heterocycles. The van der Waals surface area contributed by atoms with Gasteiger partial charge in [0.1, 0.15) is 6.10 Å². The van der Waals surface area contributed by atoms with E-state index in [1.54, 1.807) is 7.05 Å². The molecule has 0 spiro atoms. The first-order chi connectivity index (χ1) is 7.47. The molecular weight excluding hydrogens is 218 g/mol. The van der Waals surface area contributed by atoms with E-state index < -0.39 is 23.8 Å². The van der Waals surface area contributed by atoms with E-state index in [2.05, 4.69) is 5.32 Å². The molecule has 0 aliphatic carbocycles. The minimum Gasteiger partial charge on any atom is -0.398 e. The predicted molar refractivity (Wildman–Crippen MR) is 55.7 cm³/mol. The molecule has 0 aromatic heterocycles. The average Bonchev–Trinajstić information content (AvgIpc) is 2.23. The van der Waals surface area contributed by atoms with Crippen molar-refractivity contribution in [2.75, 3.05) is 19.3 Å². The summed E-state index contributed by atoms with van der Waals surface area (Å²) in [6, 6.07) is 1.56. The molecule has 1 rings (SSSR count). The highest BCUT2D eigenvalue weighted by atomic mass is 19.2. The van der Waals surface area contributed by atoms with Gasteiger partial charge in [0.2, 0.25) is 0 Å². The normalized spacial score (nSPS) is 14.8. The number of aliphatic hydroxyl groups is 2. The van der Waals surface area contributed by atoms with Gasteiger partial charge in [-0.2, -0.15) is 0 Å². The van der Waals surface area contributed by atoms with Crippen LogP contribution in [0.3, 0.4) is 0 Å². The maximum absolute atomic E-state index is 12.9. The molecule has 90 valence electrons. The minimum absolute atomic E-state index is 0.0262. The zero-order valence-electron chi connectivity index (χ0n) is 8.74. The van der Waals surface area contributed by atoms with Crippen LogP contribution in [0.4, 0.5) is 14.5 Å². The number of benzene rings is 1. The summed E-state index contributed by atoms with van der Waals surface area (Å²) in [5.74, 6) is -2.20. The van der Waals surface area contributed by atoms with Crippen LogP contribution in [0, 0.1) is 11.6 Å². The van der Waals surface area contributed by atoms with Crippen molar-refractivity contribution in [1.82, 2.24) is 5.32 Å². The van der Waals surface area contributed by atoms with Crippen molar-refractivity contribution in [3.63, 3.8) is 0 Å². The van der Waals surface area contributed by atoms with Crippen molar-refractivity contribution in [2.45, 2.75) is 12.2 Å². The first-order valence-corrected chi connectivity index (χ1v) is 4.72. The maximum Gasteiger partial charge on any atom is 0.160 e. The van der Waals surface area contributed by atoms with E-state index in [0.29, 0.717) is 0 Å². The van der Waals surface area contributed by atoms with E-state index in [4.69, 9.17) is 5.73 Å². The first kappa shape index (κ1) is 12.8. The molecule has 5 N–H and O–H groups in total. The van der Waals surface area contributed by atoms with E-state index in [9.17, 15) is 19.0 Å². The number of halogens is 2. The van der Waals surface area contributed by atoms with Gasteiger partial charge in [-0.25, -0.2) is 8.78 Å². The molecule has 0 radical (unpaired) electrons. The monoisotopic (exact) mass is 232 g/mol. The third kappa shape index (κ3) is 2.66. The largest absolute Gasteiger partial charge is 0.398 e. The quantitative estimate of drug-likeness (QED) is 0.558. The lowest BCUT2D eigenvalue weighted by molar-refractivity contribution is 0.0204. The van der Waals surface area contributed by atoms with Crippen LogP contribution in [0.25, 0.3) is 0 Å². The van der Waals surface area contributed by atoms with Gasteiger partial charge in [0, 0.05) is 23.9 Å². The Morgan fingerprint density at radius 2 is 1.88 bits per heavy atom. The molecule has 1 aromatic carbocycles. The second-order valence-corrected chi connectivity index (χ2v) is 3.47. The summed E-state index contributed by atoms with van der Waals surface area (Å²) < 4.78 is 25.7. The summed E-state index contributed by atoms with van der Waals surface area (Å²) >= 11 is 0. The van der Waals surface area contributed by atoms with Gasteiger partial charge < -0.3 is 21.3 Å². The smallest absolute Gasteiger partial charge is 0.160 e. The molecule has 0 heterocycles. The van der Waals surface area contributed by atoms with Crippen LogP contribution in [0.5, 0.6) is 0 Å². The van der Waals surface area contributed by atoms with Crippen LogP contribution >= 0.6 is 0 Å². The summed E-state index contributed by atoms with van der Waals surface area (Å²) in [7, 11) is 1.59. The van der Waals surface area contributed by atoms with Crippen molar-refractivity contribution < 1.29 is 19.0 Å². The molecule has 0 saturated carbocycles. The number of hydrogen-bond acceptors (Lipinski definition) is 4. The molecule has 16 heavy (non-hydrogen) atoms. The predicted octanol–water partition coefficient (Wildman–Crippen LogP) is 0.161. The molecule has 0 bridgehead atoms. The average molecular weight is 232 g/mol. The number of likely N-dealkylation sites (N-methyl/N-ethyl adjacent to an activating group) is 1. The van der Waals surface area contributed by atoms with Gasteiger partial charge in [-0.1, -0.05) is 0 Å². The zero-order chi connectivity index (χ0) is 12.3. The second kappa shape index (κ2) is 5.20. The summed E-state index contributed by atoms with van der Waals surface area (Å²) in [4.78, 5) is 0. The van der Waals surface area contributed by atoms with Crippen LogP contribution in [-0.2, 0) is 0 Å². The van der Waals surface area contributed by atoms with Crippen molar-refractivity contribution >= 4 is 5.69 Å². The maximum atomic E-state index is 12.9. The Kier molecular flexibility index (Phi) is 4.17. The Bertz CT molecular complexity index is 374. The molecular formula is C10H14F2N2O2. The van der Waals surface area contributed by atoms with Gasteiger partial charge in [0.25, 0.3) is 0 Å². The third-order valence-electron chi connectivity index (χ3n) is 2.22. The Balaban J connectivity index is 2.99. The lowest BCUT2D eigenvalue weighted by Gasteiger charge is -2.19. The molecule has 0 amide bonds. The molecule has 4 nitrogen and oxygen atoms in total. The fraction of sp³-hybridized carbons (Fsp3) is 0.400. The van der Waals surface area contributed by atoms with Gasteiger partial charge >= 0.3 is 0 Å². The van der Waals surface area contributed by atoms with Gasteiger partial charge in [0.15, 0.2) is 11.6 Å². The van der Waals surface area contributed by atoms with Gasteiger partial charge in [0.05, 0.1) is 6.10 Å². The first-order valence-electron chi connectivity index (χ1n) is 4.72. The number of rotatable bonds is 4. The number of anilines is 1. The molecule has 1 aromatic rings. The molecule has 2 atom stereocenters. The van der Waals surface area contributed by atoms with E-state index in [1.165, 1.54) is 0 Å².